The van der Waals surface area contributed by atoms with Gasteiger partial charge in [-0.05, 0) is 145 Å². The maximum absolute atomic E-state index is 16.9. The Bertz CT molecular complexity index is 4490. The van der Waals surface area contributed by atoms with E-state index in [2.05, 4.69) is 38.4 Å². The second-order valence-electron chi connectivity index (χ2n) is 44.1. The molecule has 0 unspecified atom stereocenters. The Morgan fingerprint density at radius 3 is 1.59 bits per heavy atom. The van der Waals surface area contributed by atoms with E-state index in [9.17, 15) is 132 Å². The van der Waals surface area contributed by atoms with Gasteiger partial charge >= 0.3 is 17.9 Å². The van der Waals surface area contributed by atoms with Gasteiger partial charge in [0.2, 0.25) is 12.2 Å². The van der Waals surface area contributed by atoms with Crippen LogP contribution in [-0.2, 0) is 104 Å². The average molecular weight is 2080 g/mol. The minimum Gasteiger partial charge on any atom is -0.458 e. The highest BCUT2D eigenvalue weighted by molar-refractivity contribution is 5.89. The minimum absolute atomic E-state index is 0.0571. The van der Waals surface area contributed by atoms with E-state index in [1.807, 2.05) is 20.8 Å². The summed E-state index contributed by atoms with van der Waals surface area (Å²) in [7, 11) is 0. The molecule has 828 valence electrons. The van der Waals surface area contributed by atoms with Crippen LogP contribution in [0.25, 0.3) is 0 Å². The highest BCUT2D eigenvalue weighted by Crippen LogP contribution is 2.76. The summed E-state index contributed by atoms with van der Waals surface area (Å²) < 4.78 is 110. The van der Waals surface area contributed by atoms with Gasteiger partial charge in [-0.2, -0.15) is 0 Å². The second-order valence-corrected chi connectivity index (χ2v) is 44.1. The van der Waals surface area contributed by atoms with Gasteiger partial charge in [-0.25, -0.2) is 9.59 Å². The van der Waals surface area contributed by atoms with Crippen molar-refractivity contribution >= 4 is 23.8 Å². The van der Waals surface area contributed by atoms with Gasteiger partial charge in [0.25, 0.3) is 0 Å². The van der Waals surface area contributed by atoms with Crippen LogP contribution in [0.4, 0.5) is 0 Å². The maximum atomic E-state index is 16.9. The average Bonchev–Trinajstić information content (AvgIpc) is 1.26. The second kappa shape index (κ2) is 46.4. The molecule has 47 heteroatoms. The summed E-state index contributed by atoms with van der Waals surface area (Å²) in [5, 5.41) is 272. The molecule has 13 rings (SSSR count). The monoisotopic (exact) mass is 2080 g/mol. The van der Waals surface area contributed by atoms with E-state index < -0.39 is 378 Å². The Morgan fingerprint density at radius 1 is 0.476 bits per heavy atom. The zero-order valence-electron chi connectivity index (χ0n) is 83.9. The zero-order valence-corrected chi connectivity index (χ0v) is 83.9. The first-order valence-corrected chi connectivity index (χ1v) is 50.0. The van der Waals surface area contributed by atoms with Crippen molar-refractivity contribution in [1.29, 1.82) is 0 Å². The standard InChI is InChI=1S/C98H155NO46/c1-16-93(11,127)26-18-20-45(34-101)81(125)139-75-41(4)132-87(73(122)69(75)118)145-94(12,17-2)27-19-21-44(33-100)80(124)137-57-32-98(90(126)144-89-79(68(117)62(111)50(36-103)135-89)143-86-74(123)77(141-85-72(121)66(115)61(110)49(35-102)133-85)76(42(5)131-86)140-84-71(120)63(112)51(37-104)134-84)47(30-91(57,7)8)46-22-23-54-95(13)28-25-56(92(9,10)53(95)24-29-96(54,14)97(46,15)31-55(98)107)138-82-58(99-43(6)105)65(114)64(113)52(136-82)39-129-88-78(67(116)59(108)40(3)130-88)142-83-70(119)60(109)48(106)38-128-83/h16-17,20-22,40-42,47-79,82-89,100-104,106-123,127H,1-2,18-19,23-39H2,3-15H3,(H,99,105)/b44-21+,45-20+/t40-,41+,42+,47+,48-,49+,50-,51+,52-,53+,54-,55-,56+,57+,58-,59+,60+,61+,62-,63+,64-,65-,66-,67+,68+,69+,70-,71-,72+,73+,74-,75+,76+,77+,78-,79-,82+,83+,84+,85-,86+,87+,88-,89+,93-,94-,95+,96-,97-,98-/m1/s1. The molecule has 0 radical (unpaired) electrons. The highest BCUT2D eigenvalue weighted by Gasteiger charge is 2.74. The van der Waals surface area contributed by atoms with Crippen LogP contribution >= 0.6 is 0 Å². The van der Waals surface area contributed by atoms with Crippen LogP contribution in [-0.4, -0.2) is 456 Å². The van der Waals surface area contributed by atoms with Crippen LogP contribution in [0.3, 0.4) is 0 Å². The number of carbonyl (C=O) groups excluding carboxylic acids is 4. The fourth-order valence-electron chi connectivity index (χ4n) is 24.7. The highest BCUT2D eigenvalue weighted by atomic mass is 16.8. The summed E-state index contributed by atoms with van der Waals surface area (Å²) in [6, 6.07) is -1.38. The van der Waals surface area contributed by atoms with Crippen molar-refractivity contribution in [3.05, 3.63) is 60.3 Å². The Hall–Kier alpha value is -4.98. The first kappa shape index (κ1) is 117. The van der Waals surface area contributed by atoms with E-state index in [0.29, 0.717) is 37.7 Å². The number of allylic oxidation sites excluding steroid dienone is 4. The van der Waals surface area contributed by atoms with E-state index in [1.54, 1.807) is 20.8 Å². The topological polar surface area (TPSA) is 732 Å². The number of carbonyl (C=O) groups is 4. The molecule has 12 fully saturated rings. The third kappa shape index (κ3) is 23.0. The normalized spacial score (nSPS) is 47.7. The number of esters is 3. The minimum atomic E-state index is -2.30. The van der Waals surface area contributed by atoms with Gasteiger partial charge < -0.3 is 213 Å². The first-order chi connectivity index (χ1) is 68.0. The summed E-state index contributed by atoms with van der Waals surface area (Å²) in [4.78, 5) is 58.4. The molecule has 25 N–H and O–H groups in total. The van der Waals surface area contributed by atoms with Crippen molar-refractivity contribution < 1.29 is 227 Å². The number of aliphatic hydroxyl groups is 24. The van der Waals surface area contributed by atoms with Crippen molar-refractivity contribution in [3.63, 3.8) is 0 Å². The van der Waals surface area contributed by atoms with Gasteiger partial charge in [-0.3, -0.25) is 9.59 Å². The molecule has 8 aliphatic heterocycles. The van der Waals surface area contributed by atoms with Gasteiger partial charge in [0, 0.05) is 18.8 Å². The van der Waals surface area contributed by atoms with Crippen molar-refractivity contribution in [2.75, 3.05) is 46.2 Å². The van der Waals surface area contributed by atoms with Gasteiger partial charge in [-0.15, -0.1) is 13.2 Å². The van der Waals surface area contributed by atoms with Crippen LogP contribution < -0.4 is 5.32 Å². The number of hydrogen-bond donors (Lipinski definition) is 25. The summed E-state index contributed by atoms with van der Waals surface area (Å²) >= 11 is 0. The Kier molecular flexibility index (Phi) is 37.4. The van der Waals surface area contributed by atoms with Crippen molar-refractivity contribution in [3.8, 4) is 0 Å². The molecule has 47 nitrogen and oxygen atoms in total. The summed E-state index contributed by atoms with van der Waals surface area (Å²) in [6.07, 6.45) is -60.6. The maximum Gasteiger partial charge on any atom is 0.336 e. The number of ether oxygens (including phenoxy) is 18. The van der Waals surface area contributed by atoms with Gasteiger partial charge in [0.05, 0.1) is 99.1 Å². The molecule has 145 heavy (non-hydrogen) atoms. The number of aliphatic hydroxyl groups excluding tert-OH is 23. The van der Waals surface area contributed by atoms with Crippen molar-refractivity contribution in [2.24, 2.45) is 50.2 Å². The SMILES string of the molecule is C=C[C@@](C)(O)CC/C=C(\CO)C(=O)O[C@@H]1[C@@H](O)[C@H](O)[C@H](O[C@](C)(C=C)CC/C=C(\CO)C(=O)O[C@H]2C[C@]3(C(=O)O[C@@H]4O[C@H](CO)[C@@H](O)[C@H](O)[C@H]4O[C@@H]4O[C@@H](C)[C@H](O[C@@H]5O[C@@H](CO)[C@H](O)[C@H]5O)[C@@H](O[C@H]5O[C@@H](CO)[C@H](O)[C@@H](O)[C@@H]5O)[C@H]4O)[C@H](O)C[C@]4(C)C(=CC[C@@H]5[C@@]6(C)CC[C@H](O[C@@H]7O[C@H](CO[C@@H]8O[C@H](C)[C@H](O)[C@H](O)[C@H]8O[C@@H]8OC[C@@H](O)[C@H](O)[C@H]8O)[C@@H](O)[C@H](O)[C@H]7NC(C)=O)C(C)(C)[C@@H]6CC[C@]54C)[C@@H]3CC2(C)C)O[C@H]1C. The molecule has 13 aliphatic rings. The predicted octanol–water partition coefficient (Wildman–Crippen LogP) is -5.92. The van der Waals surface area contributed by atoms with Crippen LogP contribution in [0.2, 0.25) is 0 Å². The number of amides is 1. The number of hydrogen-bond acceptors (Lipinski definition) is 46. The summed E-state index contributed by atoms with van der Waals surface area (Å²) in [5.41, 5.74) is -9.16. The number of rotatable bonds is 35. The molecule has 0 aromatic heterocycles. The fraction of sp³-hybridized carbons (Fsp3) is 0.857. The quantitative estimate of drug-likeness (QED) is 0.00924. The molecule has 0 spiro atoms. The summed E-state index contributed by atoms with van der Waals surface area (Å²) in [5.74, 6) is -5.48. The Balaban J connectivity index is 0.788. The van der Waals surface area contributed by atoms with Gasteiger partial charge in [0.15, 0.2) is 56.2 Å². The predicted molar refractivity (Wildman–Crippen MR) is 490 cm³/mol. The Labute approximate surface area is 839 Å². The summed E-state index contributed by atoms with van der Waals surface area (Å²) in [6.45, 7) is 24.5. The molecule has 4 saturated carbocycles. The third-order valence-corrected chi connectivity index (χ3v) is 34.0. The largest absolute Gasteiger partial charge is 0.458 e. The molecule has 1 amide bonds. The lowest BCUT2D eigenvalue weighted by molar-refractivity contribution is -0.390. The van der Waals surface area contributed by atoms with E-state index in [-0.39, 0.29) is 61.5 Å². The molecule has 0 bridgehead atoms. The van der Waals surface area contributed by atoms with Crippen LogP contribution in [0.1, 0.15) is 167 Å². The number of nitrogens with one attached hydrogen (secondary N) is 1. The van der Waals surface area contributed by atoms with Crippen LogP contribution in [0.15, 0.2) is 60.3 Å². The van der Waals surface area contributed by atoms with E-state index in [4.69, 9.17) is 85.3 Å². The molecule has 0 aromatic carbocycles. The fourth-order valence-corrected chi connectivity index (χ4v) is 24.7. The molecule has 0 aromatic rings. The van der Waals surface area contributed by atoms with E-state index in [1.165, 1.54) is 58.9 Å². The Morgan fingerprint density at radius 2 is 0.979 bits per heavy atom. The van der Waals surface area contributed by atoms with Crippen molar-refractivity contribution in [2.45, 2.75) is 430 Å². The lowest BCUT2D eigenvalue weighted by Crippen LogP contribution is -2.70. The van der Waals surface area contributed by atoms with Crippen LogP contribution in [0, 0.1) is 50.2 Å². The first-order valence-electron chi connectivity index (χ1n) is 50.0. The van der Waals surface area contributed by atoms with Crippen LogP contribution in [0.5, 0.6) is 0 Å². The van der Waals surface area contributed by atoms with E-state index >= 15 is 9.59 Å². The molecular formula is C98H155NO46. The van der Waals surface area contributed by atoms with Gasteiger partial charge in [-0.1, -0.05) is 84.4 Å². The molecule has 5 aliphatic carbocycles. The molecule has 8 saturated heterocycles. The molecule has 50 atom stereocenters. The third-order valence-electron chi connectivity index (χ3n) is 34.0. The lowest BCUT2D eigenvalue weighted by Gasteiger charge is -2.72. The van der Waals surface area contributed by atoms with Crippen molar-refractivity contribution in [1.82, 2.24) is 5.32 Å². The molecular weight excluding hydrogens is 1930 g/mol. The zero-order chi connectivity index (χ0) is 107. The lowest BCUT2D eigenvalue weighted by atomic mass is 9.33. The smallest absolute Gasteiger partial charge is 0.336 e. The van der Waals surface area contributed by atoms with Gasteiger partial charge in [0.1, 0.15) is 164 Å². The van der Waals surface area contributed by atoms with E-state index in [0.717, 1.165) is 0 Å². The number of fused-ring (bicyclic) bond motifs is 7. The molecule has 8 heterocycles.